The molecule has 0 saturated heterocycles. The highest BCUT2D eigenvalue weighted by Gasteiger charge is 2.12. The van der Waals surface area contributed by atoms with Crippen LogP contribution < -0.4 is 5.32 Å². The molecule has 0 radical (unpaired) electrons. The first-order valence-corrected chi connectivity index (χ1v) is 8.71. The van der Waals surface area contributed by atoms with Crippen molar-refractivity contribution >= 4 is 15.5 Å². The van der Waals surface area contributed by atoms with Crippen LogP contribution in [0.4, 0.5) is 5.69 Å². The van der Waals surface area contributed by atoms with Crippen molar-refractivity contribution in [3.05, 3.63) is 54.4 Å². The number of anilines is 1. The van der Waals surface area contributed by atoms with E-state index in [0.29, 0.717) is 4.90 Å². The Morgan fingerprint density at radius 1 is 1.05 bits per heavy atom. The molecule has 2 rings (SSSR count). The molecule has 1 unspecified atom stereocenters. The zero-order valence-electron chi connectivity index (χ0n) is 12.3. The number of sulfone groups is 1. The molecule has 1 N–H and O–H groups in total. The summed E-state index contributed by atoms with van der Waals surface area (Å²) in [5, 5.41) is 3.42. The Morgan fingerprint density at radius 3 is 2.19 bits per heavy atom. The van der Waals surface area contributed by atoms with Crippen molar-refractivity contribution in [2.75, 3.05) is 11.1 Å². The Balaban J connectivity index is 2.16. The highest BCUT2D eigenvalue weighted by Crippen LogP contribution is 2.23. The van der Waals surface area contributed by atoms with Crippen molar-refractivity contribution in [2.24, 2.45) is 0 Å². The monoisotopic (exact) mass is 304 g/mol. The van der Waals surface area contributed by atoms with E-state index < -0.39 is 9.84 Å². The molecule has 1 atom stereocenters. The molecule has 0 fully saturated rings. The van der Waals surface area contributed by atoms with E-state index in [0.717, 1.165) is 17.7 Å². The van der Waals surface area contributed by atoms with Crippen LogP contribution >= 0.6 is 0 Å². The maximum Gasteiger partial charge on any atom is 0.178 e. The van der Waals surface area contributed by atoms with Crippen molar-refractivity contribution in [2.45, 2.75) is 31.2 Å². The van der Waals surface area contributed by atoms with Gasteiger partial charge in [-0.15, -0.1) is 0 Å². The number of rotatable bonds is 6. The molecular formula is C16H20N2O2S. The van der Waals surface area contributed by atoms with Gasteiger partial charge in [-0.25, -0.2) is 8.42 Å². The van der Waals surface area contributed by atoms with E-state index in [1.807, 2.05) is 24.3 Å². The van der Waals surface area contributed by atoms with Gasteiger partial charge in [-0.1, -0.05) is 13.8 Å². The fourth-order valence-corrected chi connectivity index (χ4v) is 3.03. The zero-order chi connectivity index (χ0) is 15.3. The first kappa shape index (κ1) is 15.5. The van der Waals surface area contributed by atoms with Gasteiger partial charge in [0.1, 0.15) is 0 Å². The first-order chi connectivity index (χ1) is 10.1. The second kappa shape index (κ2) is 6.72. The van der Waals surface area contributed by atoms with Gasteiger partial charge in [0.25, 0.3) is 0 Å². The maximum absolute atomic E-state index is 11.8. The smallest absolute Gasteiger partial charge is 0.178 e. The van der Waals surface area contributed by atoms with Crippen LogP contribution in [-0.2, 0) is 9.84 Å². The molecule has 1 heterocycles. The van der Waals surface area contributed by atoms with E-state index in [1.165, 1.54) is 0 Å². The van der Waals surface area contributed by atoms with Gasteiger partial charge >= 0.3 is 0 Å². The lowest BCUT2D eigenvalue weighted by Gasteiger charge is -2.18. The van der Waals surface area contributed by atoms with E-state index in [2.05, 4.69) is 17.2 Å². The van der Waals surface area contributed by atoms with Gasteiger partial charge in [-0.2, -0.15) is 0 Å². The standard InChI is InChI=1S/C16H20N2O2S/c1-3-16(13-9-11-17-12-10-13)18-14-5-7-15(8-6-14)21(19,20)4-2/h5-12,16,18H,3-4H2,1-2H3. The van der Waals surface area contributed by atoms with E-state index in [9.17, 15) is 8.42 Å². The minimum Gasteiger partial charge on any atom is -0.378 e. The summed E-state index contributed by atoms with van der Waals surface area (Å²) in [5.41, 5.74) is 2.08. The number of aromatic nitrogens is 1. The molecule has 112 valence electrons. The average molecular weight is 304 g/mol. The lowest BCUT2D eigenvalue weighted by molar-refractivity contribution is 0.597. The Labute approximate surface area is 126 Å². The van der Waals surface area contributed by atoms with Crippen molar-refractivity contribution in [3.8, 4) is 0 Å². The molecule has 0 aliphatic carbocycles. The van der Waals surface area contributed by atoms with Crippen LogP contribution in [0, 0.1) is 0 Å². The first-order valence-electron chi connectivity index (χ1n) is 7.06. The predicted octanol–water partition coefficient (Wildman–Crippen LogP) is 3.44. The predicted molar refractivity (Wildman–Crippen MR) is 85.1 cm³/mol. The summed E-state index contributed by atoms with van der Waals surface area (Å²) in [6.07, 6.45) is 4.48. The van der Waals surface area contributed by atoms with E-state index >= 15 is 0 Å². The quantitative estimate of drug-likeness (QED) is 0.888. The average Bonchev–Trinajstić information content (AvgIpc) is 2.54. The number of nitrogens with zero attached hydrogens (tertiary/aromatic N) is 1. The normalized spacial score (nSPS) is 12.9. The summed E-state index contributed by atoms with van der Waals surface area (Å²) in [6.45, 7) is 3.76. The molecule has 5 heteroatoms. The minimum absolute atomic E-state index is 0.119. The molecule has 0 spiro atoms. The minimum atomic E-state index is -3.14. The Hall–Kier alpha value is -1.88. The largest absolute Gasteiger partial charge is 0.378 e. The summed E-state index contributed by atoms with van der Waals surface area (Å²) in [4.78, 5) is 4.39. The number of pyridine rings is 1. The molecular weight excluding hydrogens is 284 g/mol. The summed E-state index contributed by atoms with van der Waals surface area (Å²) in [7, 11) is -3.14. The van der Waals surface area contributed by atoms with Crippen LogP contribution in [-0.4, -0.2) is 19.2 Å². The molecule has 0 aliphatic rings. The second-order valence-electron chi connectivity index (χ2n) is 4.81. The summed E-state index contributed by atoms with van der Waals surface area (Å²) in [5.74, 6) is 0.119. The SMILES string of the molecule is CCC(Nc1ccc(S(=O)(=O)CC)cc1)c1ccncc1. The molecule has 0 aliphatic heterocycles. The molecule has 21 heavy (non-hydrogen) atoms. The van der Waals surface area contributed by atoms with E-state index in [1.54, 1.807) is 31.5 Å². The molecule has 4 nitrogen and oxygen atoms in total. The Bertz CT molecular complexity index is 667. The van der Waals surface area contributed by atoms with Gasteiger partial charge in [0.15, 0.2) is 9.84 Å². The van der Waals surface area contributed by atoms with Crippen molar-refractivity contribution < 1.29 is 8.42 Å². The van der Waals surface area contributed by atoms with Gasteiger partial charge in [0.05, 0.1) is 16.7 Å². The summed E-state index contributed by atoms with van der Waals surface area (Å²) < 4.78 is 23.6. The van der Waals surface area contributed by atoms with Crippen LogP contribution in [0.1, 0.15) is 31.9 Å². The molecule has 1 aromatic carbocycles. The molecule has 2 aromatic rings. The van der Waals surface area contributed by atoms with Gasteiger partial charge in [-0.3, -0.25) is 4.98 Å². The van der Waals surface area contributed by atoms with Crippen molar-refractivity contribution in [1.82, 2.24) is 4.98 Å². The fourth-order valence-electron chi connectivity index (χ4n) is 2.14. The zero-order valence-corrected chi connectivity index (χ0v) is 13.1. The molecule has 0 bridgehead atoms. The fraction of sp³-hybridized carbons (Fsp3) is 0.312. The summed E-state index contributed by atoms with van der Waals surface area (Å²) in [6, 6.07) is 11.1. The second-order valence-corrected chi connectivity index (χ2v) is 7.09. The van der Waals surface area contributed by atoms with Gasteiger partial charge in [0, 0.05) is 18.1 Å². The summed E-state index contributed by atoms with van der Waals surface area (Å²) >= 11 is 0. The van der Waals surface area contributed by atoms with Gasteiger partial charge in [-0.05, 0) is 48.4 Å². The Kier molecular flexibility index (Phi) is 4.96. The third kappa shape index (κ3) is 3.82. The third-order valence-corrected chi connectivity index (χ3v) is 5.20. The van der Waals surface area contributed by atoms with Crippen LogP contribution in [0.15, 0.2) is 53.7 Å². The van der Waals surface area contributed by atoms with E-state index in [-0.39, 0.29) is 11.8 Å². The number of nitrogens with one attached hydrogen (secondary N) is 1. The molecule has 0 amide bonds. The highest BCUT2D eigenvalue weighted by molar-refractivity contribution is 7.91. The Morgan fingerprint density at radius 2 is 1.67 bits per heavy atom. The van der Waals surface area contributed by atoms with Gasteiger partial charge in [0.2, 0.25) is 0 Å². The van der Waals surface area contributed by atoms with Crippen LogP contribution in [0.25, 0.3) is 0 Å². The maximum atomic E-state index is 11.8. The number of hydrogen-bond acceptors (Lipinski definition) is 4. The lowest BCUT2D eigenvalue weighted by Crippen LogP contribution is -2.10. The van der Waals surface area contributed by atoms with Crippen LogP contribution in [0.5, 0.6) is 0 Å². The topological polar surface area (TPSA) is 59.1 Å². The van der Waals surface area contributed by atoms with E-state index in [4.69, 9.17) is 0 Å². The molecule has 1 aromatic heterocycles. The molecule has 0 saturated carbocycles. The van der Waals surface area contributed by atoms with Crippen molar-refractivity contribution in [1.29, 1.82) is 0 Å². The van der Waals surface area contributed by atoms with Gasteiger partial charge < -0.3 is 5.32 Å². The van der Waals surface area contributed by atoms with Crippen molar-refractivity contribution in [3.63, 3.8) is 0 Å². The number of hydrogen-bond donors (Lipinski definition) is 1. The third-order valence-electron chi connectivity index (χ3n) is 3.45. The van der Waals surface area contributed by atoms with Crippen LogP contribution in [0.3, 0.4) is 0 Å². The lowest BCUT2D eigenvalue weighted by atomic mass is 10.1. The highest BCUT2D eigenvalue weighted by atomic mass is 32.2. The van der Waals surface area contributed by atoms with Crippen LogP contribution in [0.2, 0.25) is 0 Å². The number of benzene rings is 1.